The van der Waals surface area contributed by atoms with Crippen molar-refractivity contribution in [3.63, 3.8) is 0 Å². The standard InChI is InChI=1S/C16H24OS/c1-16(2,3)12-7-6-8-13(11-12)18-15-10-5-4-9-14(15)17/h6-8,11,14-15,17H,4-5,9-10H2,1-3H3/t14-,15-/m1/s1. The summed E-state index contributed by atoms with van der Waals surface area (Å²) in [6, 6.07) is 8.78. The first-order valence-electron chi connectivity index (χ1n) is 6.92. The van der Waals surface area contributed by atoms with E-state index >= 15 is 0 Å². The lowest BCUT2D eigenvalue weighted by molar-refractivity contribution is 0.137. The molecule has 2 atom stereocenters. The molecule has 0 radical (unpaired) electrons. The monoisotopic (exact) mass is 264 g/mol. The first-order chi connectivity index (χ1) is 8.47. The fourth-order valence-electron chi connectivity index (χ4n) is 2.43. The Morgan fingerprint density at radius 3 is 2.56 bits per heavy atom. The number of hydrogen-bond acceptors (Lipinski definition) is 2. The Kier molecular flexibility index (Phi) is 4.39. The molecule has 0 bridgehead atoms. The Balaban J connectivity index is 2.09. The number of aliphatic hydroxyl groups excluding tert-OH is 1. The van der Waals surface area contributed by atoms with Gasteiger partial charge in [0.25, 0.3) is 0 Å². The second-order valence-electron chi connectivity index (χ2n) is 6.29. The molecule has 1 fully saturated rings. The van der Waals surface area contributed by atoms with Gasteiger partial charge in [-0.3, -0.25) is 0 Å². The van der Waals surface area contributed by atoms with Gasteiger partial charge < -0.3 is 5.11 Å². The normalized spacial score (nSPS) is 25.1. The third kappa shape index (κ3) is 3.52. The fourth-order valence-corrected chi connectivity index (χ4v) is 3.70. The molecule has 0 unspecified atom stereocenters. The zero-order valence-electron chi connectivity index (χ0n) is 11.6. The number of benzene rings is 1. The van der Waals surface area contributed by atoms with Crippen LogP contribution in [-0.2, 0) is 5.41 Å². The summed E-state index contributed by atoms with van der Waals surface area (Å²) in [7, 11) is 0. The maximum absolute atomic E-state index is 10.0. The zero-order chi connectivity index (χ0) is 13.2. The molecule has 0 amide bonds. The summed E-state index contributed by atoms with van der Waals surface area (Å²) in [5.74, 6) is 0. The van der Waals surface area contributed by atoms with Crippen LogP contribution in [0.3, 0.4) is 0 Å². The minimum absolute atomic E-state index is 0.123. The maximum atomic E-state index is 10.0. The minimum Gasteiger partial charge on any atom is -0.392 e. The molecule has 1 saturated carbocycles. The van der Waals surface area contributed by atoms with Gasteiger partial charge in [0, 0.05) is 10.1 Å². The average molecular weight is 264 g/mol. The molecule has 1 N–H and O–H groups in total. The van der Waals surface area contributed by atoms with Crippen LogP contribution in [0.25, 0.3) is 0 Å². The Bertz CT molecular complexity index is 394. The molecule has 1 aromatic rings. The molecule has 1 aromatic carbocycles. The second-order valence-corrected chi connectivity index (χ2v) is 7.60. The van der Waals surface area contributed by atoms with Crippen molar-refractivity contribution in [1.29, 1.82) is 0 Å². The molecule has 0 aliphatic heterocycles. The molecule has 1 aliphatic rings. The van der Waals surface area contributed by atoms with Crippen LogP contribution in [0.5, 0.6) is 0 Å². The van der Waals surface area contributed by atoms with Gasteiger partial charge in [-0.15, -0.1) is 11.8 Å². The Labute approximate surface area is 115 Å². The van der Waals surface area contributed by atoms with Crippen molar-refractivity contribution in [1.82, 2.24) is 0 Å². The first kappa shape index (κ1) is 14.0. The summed E-state index contributed by atoms with van der Waals surface area (Å²) in [5, 5.41) is 10.4. The molecule has 1 nitrogen and oxygen atoms in total. The van der Waals surface area contributed by atoms with Crippen LogP contribution in [0.4, 0.5) is 0 Å². The number of hydrogen-bond donors (Lipinski definition) is 1. The predicted octanol–water partition coefficient (Wildman–Crippen LogP) is 4.38. The number of thioether (sulfide) groups is 1. The molecule has 1 aliphatic carbocycles. The van der Waals surface area contributed by atoms with E-state index in [1.807, 2.05) is 11.8 Å². The Hall–Kier alpha value is -0.470. The topological polar surface area (TPSA) is 20.2 Å². The van der Waals surface area contributed by atoms with Crippen molar-refractivity contribution in [2.45, 2.75) is 68.1 Å². The highest BCUT2D eigenvalue weighted by atomic mass is 32.2. The lowest BCUT2D eigenvalue weighted by atomic mass is 9.87. The van der Waals surface area contributed by atoms with E-state index in [0.717, 1.165) is 12.8 Å². The summed E-state index contributed by atoms with van der Waals surface area (Å²) in [5.41, 5.74) is 1.57. The molecule has 0 heterocycles. The van der Waals surface area contributed by atoms with Crippen LogP contribution in [-0.4, -0.2) is 16.5 Å². The summed E-state index contributed by atoms with van der Waals surface area (Å²) < 4.78 is 0. The van der Waals surface area contributed by atoms with Gasteiger partial charge in [-0.2, -0.15) is 0 Å². The smallest absolute Gasteiger partial charge is 0.0662 e. The summed E-state index contributed by atoms with van der Waals surface area (Å²) in [4.78, 5) is 1.30. The highest BCUT2D eigenvalue weighted by Crippen LogP contribution is 2.35. The minimum atomic E-state index is -0.123. The molecule has 2 rings (SSSR count). The van der Waals surface area contributed by atoms with Crippen molar-refractivity contribution in [3.05, 3.63) is 29.8 Å². The lowest BCUT2D eigenvalue weighted by Gasteiger charge is -2.27. The summed E-state index contributed by atoms with van der Waals surface area (Å²) in [6.07, 6.45) is 4.43. The van der Waals surface area contributed by atoms with E-state index in [4.69, 9.17) is 0 Å². The molecule has 2 heteroatoms. The van der Waals surface area contributed by atoms with Gasteiger partial charge in [0.2, 0.25) is 0 Å². The van der Waals surface area contributed by atoms with Crippen LogP contribution < -0.4 is 0 Å². The quantitative estimate of drug-likeness (QED) is 0.855. The van der Waals surface area contributed by atoms with E-state index in [1.54, 1.807) is 0 Å². The van der Waals surface area contributed by atoms with E-state index in [2.05, 4.69) is 45.0 Å². The molecule has 100 valence electrons. The van der Waals surface area contributed by atoms with Crippen LogP contribution in [0.1, 0.15) is 52.0 Å². The van der Waals surface area contributed by atoms with Crippen molar-refractivity contribution in [3.8, 4) is 0 Å². The highest BCUT2D eigenvalue weighted by Gasteiger charge is 2.24. The van der Waals surface area contributed by atoms with Gasteiger partial charge in [0.1, 0.15) is 0 Å². The van der Waals surface area contributed by atoms with Crippen LogP contribution in [0, 0.1) is 0 Å². The summed E-state index contributed by atoms with van der Waals surface area (Å²) >= 11 is 1.85. The van der Waals surface area contributed by atoms with Crippen molar-refractivity contribution < 1.29 is 5.11 Å². The zero-order valence-corrected chi connectivity index (χ0v) is 12.5. The number of rotatable bonds is 2. The van der Waals surface area contributed by atoms with Crippen molar-refractivity contribution in [2.75, 3.05) is 0 Å². The predicted molar refractivity (Wildman–Crippen MR) is 79.3 cm³/mol. The van der Waals surface area contributed by atoms with Crippen LogP contribution in [0.2, 0.25) is 0 Å². The van der Waals surface area contributed by atoms with Gasteiger partial charge in [-0.1, -0.05) is 45.7 Å². The maximum Gasteiger partial charge on any atom is 0.0662 e. The van der Waals surface area contributed by atoms with Gasteiger partial charge >= 0.3 is 0 Å². The summed E-state index contributed by atoms with van der Waals surface area (Å²) in [6.45, 7) is 6.73. The van der Waals surface area contributed by atoms with Crippen LogP contribution in [0.15, 0.2) is 29.2 Å². The van der Waals surface area contributed by atoms with Gasteiger partial charge in [-0.05, 0) is 36.0 Å². The van der Waals surface area contributed by atoms with E-state index in [0.29, 0.717) is 5.25 Å². The molecule has 18 heavy (non-hydrogen) atoms. The third-order valence-electron chi connectivity index (χ3n) is 3.66. The molecule has 0 aromatic heterocycles. The molecular weight excluding hydrogens is 240 g/mol. The third-order valence-corrected chi connectivity index (χ3v) is 5.03. The highest BCUT2D eigenvalue weighted by molar-refractivity contribution is 8.00. The van der Waals surface area contributed by atoms with E-state index < -0.39 is 0 Å². The van der Waals surface area contributed by atoms with Gasteiger partial charge in [0.05, 0.1) is 6.10 Å². The van der Waals surface area contributed by atoms with Crippen LogP contribution >= 0.6 is 11.8 Å². The largest absolute Gasteiger partial charge is 0.392 e. The SMILES string of the molecule is CC(C)(C)c1cccc(S[C@@H]2CCCC[C@H]2O)c1. The Morgan fingerprint density at radius 2 is 1.89 bits per heavy atom. The van der Waals surface area contributed by atoms with E-state index in [1.165, 1.54) is 23.3 Å². The van der Waals surface area contributed by atoms with Gasteiger partial charge in [-0.25, -0.2) is 0 Å². The van der Waals surface area contributed by atoms with Crippen molar-refractivity contribution >= 4 is 11.8 Å². The number of aliphatic hydroxyl groups is 1. The van der Waals surface area contributed by atoms with Crippen molar-refractivity contribution in [2.24, 2.45) is 0 Å². The molecule has 0 saturated heterocycles. The van der Waals surface area contributed by atoms with Gasteiger partial charge in [0.15, 0.2) is 0 Å². The van der Waals surface area contributed by atoms with E-state index in [9.17, 15) is 5.11 Å². The second kappa shape index (κ2) is 5.66. The van der Waals surface area contributed by atoms with E-state index in [-0.39, 0.29) is 11.5 Å². The lowest BCUT2D eigenvalue weighted by Crippen LogP contribution is -2.26. The molecular formula is C16H24OS. The fraction of sp³-hybridized carbons (Fsp3) is 0.625. The molecule has 0 spiro atoms. The first-order valence-corrected chi connectivity index (χ1v) is 7.80. The average Bonchev–Trinajstić information content (AvgIpc) is 2.31. The Morgan fingerprint density at radius 1 is 1.17 bits per heavy atom.